The van der Waals surface area contributed by atoms with Crippen molar-refractivity contribution in [2.24, 2.45) is 5.92 Å². The minimum Gasteiger partial charge on any atom is -0.488 e. The smallest absolute Gasteiger partial charge is 0.177 e. The molecule has 14 heavy (non-hydrogen) atoms. The van der Waals surface area contributed by atoms with E-state index in [-0.39, 0.29) is 11.4 Å². The Hall–Kier alpha value is -0.960. The van der Waals surface area contributed by atoms with Crippen LogP contribution in [0.15, 0.2) is 12.1 Å². The summed E-state index contributed by atoms with van der Waals surface area (Å²) in [6.07, 6.45) is 2.32. The fourth-order valence-electron chi connectivity index (χ4n) is 1.22. The average Bonchev–Trinajstić information content (AvgIpc) is 2.85. The Morgan fingerprint density at radius 1 is 1.50 bits per heavy atom. The van der Waals surface area contributed by atoms with E-state index in [0.29, 0.717) is 17.5 Å². The molecule has 1 aromatic carbocycles. The predicted octanol–water partition coefficient (Wildman–Crippen LogP) is 2.85. The standard InChI is InChI=1S/C10H11ClFNO/c11-7-3-8(12)10(9(13)4-7)14-5-6-1-2-6/h3-4,6H,1-2,5,13H2. The Balaban J connectivity index is 2.13. The van der Waals surface area contributed by atoms with Gasteiger partial charge in [0.05, 0.1) is 12.3 Å². The zero-order chi connectivity index (χ0) is 10.1. The predicted molar refractivity (Wildman–Crippen MR) is 54.0 cm³/mol. The van der Waals surface area contributed by atoms with Crippen LogP contribution in [0.1, 0.15) is 12.8 Å². The Bertz CT molecular complexity index is 329. The van der Waals surface area contributed by atoms with Gasteiger partial charge in [0.25, 0.3) is 0 Å². The number of ether oxygens (including phenoxy) is 1. The molecule has 0 radical (unpaired) electrons. The van der Waals surface area contributed by atoms with E-state index >= 15 is 0 Å². The molecule has 4 heteroatoms. The van der Waals surface area contributed by atoms with Gasteiger partial charge < -0.3 is 10.5 Å². The Morgan fingerprint density at radius 3 is 2.79 bits per heavy atom. The third-order valence-electron chi connectivity index (χ3n) is 2.20. The molecule has 2 N–H and O–H groups in total. The third kappa shape index (κ3) is 2.10. The first-order chi connectivity index (χ1) is 6.66. The number of halogens is 2. The lowest BCUT2D eigenvalue weighted by Crippen LogP contribution is -2.03. The minimum absolute atomic E-state index is 0.126. The first-order valence-electron chi connectivity index (χ1n) is 4.54. The fourth-order valence-corrected chi connectivity index (χ4v) is 1.43. The average molecular weight is 216 g/mol. The summed E-state index contributed by atoms with van der Waals surface area (Å²) < 4.78 is 18.6. The molecule has 0 bridgehead atoms. The summed E-state index contributed by atoms with van der Waals surface area (Å²) in [6, 6.07) is 2.70. The number of hydrogen-bond acceptors (Lipinski definition) is 2. The second-order valence-electron chi connectivity index (χ2n) is 3.56. The topological polar surface area (TPSA) is 35.2 Å². The van der Waals surface area contributed by atoms with Crippen molar-refractivity contribution in [2.45, 2.75) is 12.8 Å². The summed E-state index contributed by atoms with van der Waals surface area (Å²) in [5, 5.41) is 0.291. The summed E-state index contributed by atoms with van der Waals surface area (Å²) in [6.45, 7) is 0.544. The van der Waals surface area contributed by atoms with Crippen LogP contribution in [0.25, 0.3) is 0 Å². The summed E-state index contributed by atoms with van der Waals surface area (Å²) in [7, 11) is 0. The summed E-state index contributed by atoms with van der Waals surface area (Å²) in [5.41, 5.74) is 5.84. The van der Waals surface area contributed by atoms with Gasteiger partial charge in [0.1, 0.15) is 0 Å². The number of rotatable bonds is 3. The zero-order valence-electron chi connectivity index (χ0n) is 7.59. The molecule has 1 fully saturated rings. The van der Waals surface area contributed by atoms with Gasteiger partial charge >= 0.3 is 0 Å². The van der Waals surface area contributed by atoms with Crippen LogP contribution in [0.3, 0.4) is 0 Å². The lowest BCUT2D eigenvalue weighted by molar-refractivity contribution is 0.287. The molecule has 0 saturated heterocycles. The quantitative estimate of drug-likeness (QED) is 0.787. The van der Waals surface area contributed by atoms with E-state index in [1.165, 1.54) is 12.1 Å². The number of nitrogen functional groups attached to an aromatic ring is 1. The summed E-state index contributed by atoms with van der Waals surface area (Å²) >= 11 is 5.62. The van der Waals surface area contributed by atoms with Crippen LogP contribution >= 0.6 is 11.6 Å². The highest BCUT2D eigenvalue weighted by Crippen LogP contribution is 2.33. The number of hydrogen-bond donors (Lipinski definition) is 1. The van der Waals surface area contributed by atoms with E-state index in [2.05, 4.69) is 0 Å². The van der Waals surface area contributed by atoms with Gasteiger partial charge in [0, 0.05) is 5.02 Å². The lowest BCUT2D eigenvalue weighted by atomic mass is 10.3. The van der Waals surface area contributed by atoms with Crippen LogP contribution in [-0.2, 0) is 0 Å². The van der Waals surface area contributed by atoms with Gasteiger partial charge in [-0.1, -0.05) is 11.6 Å². The molecule has 0 spiro atoms. The molecule has 1 aromatic rings. The summed E-state index contributed by atoms with van der Waals surface area (Å²) in [5.74, 6) is 0.210. The Kier molecular flexibility index (Phi) is 2.50. The van der Waals surface area contributed by atoms with Crippen LogP contribution in [0.5, 0.6) is 5.75 Å². The van der Waals surface area contributed by atoms with Gasteiger partial charge in [-0.3, -0.25) is 0 Å². The van der Waals surface area contributed by atoms with Gasteiger partial charge in [-0.2, -0.15) is 0 Å². The molecule has 76 valence electrons. The fraction of sp³-hybridized carbons (Fsp3) is 0.400. The van der Waals surface area contributed by atoms with Gasteiger partial charge in [-0.05, 0) is 30.9 Å². The van der Waals surface area contributed by atoms with Gasteiger partial charge in [0.2, 0.25) is 0 Å². The molecular weight excluding hydrogens is 205 g/mol. The van der Waals surface area contributed by atoms with Crippen molar-refractivity contribution >= 4 is 17.3 Å². The van der Waals surface area contributed by atoms with Crippen molar-refractivity contribution in [2.75, 3.05) is 12.3 Å². The molecule has 1 aliphatic carbocycles. The molecule has 0 heterocycles. The van der Waals surface area contributed by atoms with E-state index < -0.39 is 5.82 Å². The Labute approximate surface area is 86.8 Å². The third-order valence-corrected chi connectivity index (χ3v) is 2.42. The first kappa shape index (κ1) is 9.59. The normalized spacial score (nSPS) is 15.6. The highest BCUT2D eigenvalue weighted by Gasteiger charge is 2.23. The highest BCUT2D eigenvalue weighted by molar-refractivity contribution is 6.30. The summed E-state index contributed by atoms with van der Waals surface area (Å²) in [4.78, 5) is 0. The first-order valence-corrected chi connectivity index (χ1v) is 4.92. The van der Waals surface area contributed by atoms with Gasteiger partial charge in [0.15, 0.2) is 11.6 Å². The maximum absolute atomic E-state index is 13.3. The second-order valence-corrected chi connectivity index (χ2v) is 4.00. The zero-order valence-corrected chi connectivity index (χ0v) is 8.35. The Morgan fingerprint density at radius 2 is 2.21 bits per heavy atom. The SMILES string of the molecule is Nc1cc(Cl)cc(F)c1OCC1CC1. The highest BCUT2D eigenvalue weighted by atomic mass is 35.5. The second kappa shape index (κ2) is 3.65. The van der Waals surface area contributed by atoms with Gasteiger partial charge in [-0.15, -0.1) is 0 Å². The van der Waals surface area contributed by atoms with Crippen molar-refractivity contribution in [1.29, 1.82) is 0 Å². The number of anilines is 1. The molecule has 2 nitrogen and oxygen atoms in total. The molecule has 0 atom stereocenters. The molecule has 0 aliphatic heterocycles. The van der Waals surface area contributed by atoms with Crippen LogP contribution < -0.4 is 10.5 Å². The minimum atomic E-state index is -0.490. The van der Waals surface area contributed by atoms with Crippen molar-refractivity contribution in [3.05, 3.63) is 23.0 Å². The van der Waals surface area contributed by atoms with Crippen LogP contribution in [0, 0.1) is 11.7 Å². The maximum Gasteiger partial charge on any atom is 0.177 e. The molecular formula is C10H11ClFNO. The van der Waals surface area contributed by atoms with E-state index in [1.807, 2.05) is 0 Å². The van der Waals surface area contributed by atoms with Crippen molar-refractivity contribution in [1.82, 2.24) is 0 Å². The van der Waals surface area contributed by atoms with Crippen LogP contribution in [0.2, 0.25) is 5.02 Å². The molecule has 0 amide bonds. The lowest BCUT2D eigenvalue weighted by Gasteiger charge is -2.09. The molecule has 1 aliphatic rings. The number of nitrogens with two attached hydrogens (primary N) is 1. The van der Waals surface area contributed by atoms with E-state index in [0.717, 1.165) is 12.8 Å². The number of benzene rings is 1. The maximum atomic E-state index is 13.3. The molecule has 0 unspecified atom stereocenters. The molecule has 1 saturated carbocycles. The molecule has 0 aromatic heterocycles. The van der Waals surface area contributed by atoms with Crippen molar-refractivity contribution in [3.63, 3.8) is 0 Å². The van der Waals surface area contributed by atoms with Crippen LogP contribution in [-0.4, -0.2) is 6.61 Å². The molecule has 2 rings (SSSR count). The van der Waals surface area contributed by atoms with E-state index in [9.17, 15) is 4.39 Å². The van der Waals surface area contributed by atoms with Crippen LogP contribution in [0.4, 0.5) is 10.1 Å². The largest absolute Gasteiger partial charge is 0.488 e. The van der Waals surface area contributed by atoms with Crippen molar-refractivity contribution < 1.29 is 9.13 Å². The van der Waals surface area contributed by atoms with Gasteiger partial charge in [-0.25, -0.2) is 4.39 Å². The van der Waals surface area contributed by atoms with E-state index in [1.54, 1.807) is 0 Å². The van der Waals surface area contributed by atoms with E-state index in [4.69, 9.17) is 22.1 Å². The monoisotopic (exact) mass is 215 g/mol. The van der Waals surface area contributed by atoms with Crippen molar-refractivity contribution in [3.8, 4) is 5.75 Å².